The molecule has 7 heteroatoms. The van der Waals surface area contributed by atoms with Crippen molar-refractivity contribution in [2.24, 2.45) is 0 Å². The zero-order chi connectivity index (χ0) is 21.6. The molecule has 0 aliphatic heterocycles. The van der Waals surface area contributed by atoms with Crippen molar-refractivity contribution in [2.75, 3.05) is 11.9 Å². The van der Waals surface area contributed by atoms with E-state index in [1.165, 1.54) is 0 Å². The molecule has 0 saturated heterocycles. The number of rotatable bonds is 7. The SMILES string of the molecule is CCOc1ccc(-c2nnc(NC(=O)c3ccc(C(=O)c4ccccc4)cc3)o2)cc1. The summed E-state index contributed by atoms with van der Waals surface area (Å²) in [5, 5.41) is 10.4. The number of carbonyl (C=O) groups is 2. The second kappa shape index (κ2) is 9.04. The van der Waals surface area contributed by atoms with E-state index in [0.29, 0.717) is 28.9 Å². The van der Waals surface area contributed by atoms with Crippen LogP contribution in [0.15, 0.2) is 83.3 Å². The first-order valence-corrected chi connectivity index (χ1v) is 9.72. The number of benzene rings is 3. The van der Waals surface area contributed by atoms with Gasteiger partial charge in [-0.1, -0.05) is 47.6 Å². The molecule has 0 atom stereocenters. The average molecular weight is 413 g/mol. The third kappa shape index (κ3) is 4.67. The van der Waals surface area contributed by atoms with Crippen LogP contribution in [0.5, 0.6) is 5.75 Å². The van der Waals surface area contributed by atoms with Crippen molar-refractivity contribution in [3.63, 3.8) is 0 Å². The topological polar surface area (TPSA) is 94.3 Å². The Morgan fingerprint density at radius 2 is 1.48 bits per heavy atom. The van der Waals surface area contributed by atoms with Crippen LogP contribution in [0.1, 0.15) is 33.2 Å². The van der Waals surface area contributed by atoms with Crippen molar-refractivity contribution in [1.29, 1.82) is 0 Å². The van der Waals surface area contributed by atoms with Crippen LogP contribution >= 0.6 is 0 Å². The highest BCUT2D eigenvalue weighted by Crippen LogP contribution is 2.23. The number of aromatic nitrogens is 2. The number of nitrogens with zero attached hydrogens (tertiary/aromatic N) is 2. The maximum Gasteiger partial charge on any atom is 0.322 e. The lowest BCUT2D eigenvalue weighted by atomic mass is 10.0. The minimum atomic E-state index is -0.416. The highest BCUT2D eigenvalue weighted by atomic mass is 16.5. The molecular formula is C24H19N3O4. The summed E-state index contributed by atoms with van der Waals surface area (Å²) < 4.78 is 10.9. The van der Waals surface area contributed by atoms with Crippen LogP contribution in [0.4, 0.5) is 6.01 Å². The van der Waals surface area contributed by atoms with Crippen molar-refractivity contribution >= 4 is 17.7 Å². The number of hydrogen-bond donors (Lipinski definition) is 1. The van der Waals surface area contributed by atoms with Gasteiger partial charge in [0.05, 0.1) is 6.61 Å². The zero-order valence-corrected chi connectivity index (χ0v) is 16.7. The molecule has 4 rings (SSSR count). The first-order valence-electron chi connectivity index (χ1n) is 9.72. The van der Waals surface area contributed by atoms with Crippen LogP contribution in [0, 0.1) is 0 Å². The molecule has 31 heavy (non-hydrogen) atoms. The van der Waals surface area contributed by atoms with Gasteiger partial charge in [0.1, 0.15) is 5.75 Å². The number of ketones is 1. The lowest BCUT2D eigenvalue weighted by Gasteiger charge is -2.04. The third-order valence-electron chi connectivity index (χ3n) is 4.50. The summed E-state index contributed by atoms with van der Waals surface area (Å²) in [5.41, 5.74) is 2.16. The lowest BCUT2D eigenvalue weighted by molar-refractivity contribution is 0.101. The summed E-state index contributed by atoms with van der Waals surface area (Å²) in [6.07, 6.45) is 0. The van der Waals surface area contributed by atoms with Gasteiger partial charge < -0.3 is 9.15 Å². The van der Waals surface area contributed by atoms with Crippen LogP contribution in [0.3, 0.4) is 0 Å². The number of nitrogens with one attached hydrogen (secondary N) is 1. The number of amides is 1. The van der Waals surface area contributed by atoms with Gasteiger partial charge in [0.15, 0.2) is 5.78 Å². The predicted molar refractivity (Wildman–Crippen MR) is 115 cm³/mol. The molecule has 7 nitrogen and oxygen atoms in total. The average Bonchev–Trinajstić information content (AvgIpc) is 3.28. The lowest BCUT2D eigenvalue weighted by Crippen LogP contribution is -2.12. The first-order chi connectivity index (χ1) is 15.1. The molecule has 1 aromatic heterocycles. The molecule has 0 bridgehead atoms. The normalized spacial score (nSPS) is 10.5. The summed E-state index contributed by atoms with van der Waals surface area (Å²) in [4.78, 5) is 25.0. The Hall–Kier alpha value is -4.26. The molecule has 0 radical (unpaired) electrons. The number of anilines is 1. The van der Waals surface area contributed by atoms with E-state index in [0.717, 1.165) is 5.75 Å². The van der Waals surface area contributed by atoms with Crippen LogP contribution in [0.25, 0.3) is 11.5 Å². The molecule has 154 valence electrons. The van der Waals surface area contributed by atoms with Crippen LogP contribution in [-0.2, 0) is 0 Å². The van der Waals surface area contributed by atoms with Crippen molar-refractivity contribution in [2.45, 2.75) is 6.92 Å². The summed E-state index contributed by atoms with van der Waals surface area (Å²) in [6, 6.07) is 22.5. The molecule has 0 fully saturated rings. The second-order valence-corrected chi connectivity index (χ2v) is 6.60. The second-order valence-electron chi connectivity index (χ2n) is 6.60. The first kappa shape index (κ1) is 20.0. The number of hydrogen-bond acceptors (Lipinski definition) is 6. The van der Waals surface area contributed by atoms with Crippen LogP contribution in [0.2, 0.25) is 0 Å². The van der Waals surface area contributed by atoms with Crippen molar-refractivity contribution in [1.82, 2.24) is 10.2 Å². The van der Waals surface area contributed by atoms with Crippen molar-refractivity contribution < 1.29 is 18.7 Å². The Kier molecular flexibility index (Phi) is 5.84. The summed E-state index contributed by atoms with van der Waals surface area (Å²) in [7, 11) is 0. The van der Waals surface area contributed by atoms with E-state index in [9.17, 15) is 9.59 Å². The zero-order valence-electron chi connectivity index (χ0n) is 16.7. The van der Waals surface area contributed by atoms with Gasteiger partial charge in [-0.2, -0.15) is 0 Å². The maximum atomic E-state index is 12.5. The summed E-state index contributed by atoms with van der Waals surface area (Å²) in [5.74, 6) is 0.501. The number of ether oxygens (including phenoxy) is 1. The highest BCUT2D eigenvalue weighted by Gasteiger charge is 2.14. The van der Waals surface area contributed by atoms with Gasteiger partial charge >= 0.3 is 6.01 Å². The number of carbonyl (C=O) groups excluding carboxylic acids is 2. The fraction of sp³-hybridized carbons (Fsp3) is 0.0833. The van der Waals surface area contributed by atoms with Gasteiger partial charge in [-0.25, -0.2) is 0 Å². The molecule has 1 amide bonds. The highest BCUT2D eigenvalue weighted by molar-refractivity contribution is 6.10. The van der Waals surface area contributed by atoms with E-state index in [-0.39, 0.29) is 17.7 Å². The van der Waals surface area contributed by atoms with Gasteiger partial charge in [-0.05, 0) is 43.3 Å². The maximum absolute atomic E-state index is 12.5. The molecule has 1 heterocycles. The summed E-state index contributed by atoms with van der Waals surface area (Å²) in [6.45, 7) is 2.49. The van der Waals surface area contributed by atoms with E-state index in [1.54, 1.807) is 72.8 Å². The Balaban J connectivity index is 1.42. The standard InChI is InChI=1S/C24H19N3O4/c1-2-30-20-14-12-19(13-15-20)23-26-27-24(31-23)25-22(29)18-10-8-17(9-11-18)21(28)16-6-4-3-5-7-16/h3-15H,2H2,1H3,(H,25,27,29). The van der Waals surface area contributed by atoms with Crippen molar-refractivity contribution in [3.8, 4) is 17.2 Å². The van der Waals surface area contributed by atoms with Gasteiger partial charge in [0.2, 0.25) is 5.89 Å². The van der Waals surface area contributed by atoms with Gasteiger partial charge in [0.25, 0.3) is 5.91 Å². The van der Waals surface area contributed by atoms with Gasteiger partial charge in [-0.15, -0.1) is 5.10 Å². The minimum absolute atomic E-state index is 0.0154. The molecule has 4 aromatic rings. The fourth-order valence-electron chi connectivity index (χ4n) is 2.95. The molecule has 0 saturated carbocycles. The molecule has 3 aromatic carbocycles. The largest absolute Gasteiger partial charge is 0.494 e. The molecule has 1 N–H and O–H groups in total. The molecule has 0 unspecified atom stereocenters. The van der Waals surface area contributed by atoms with E-state index < -0.39 is 5.91 Å². The van der Waals surface area contributed by atoms with Crippen molar-refractivity contribution in [3.05, 3.63) is 95.6 Å². The Morgan fingerprint density at radius 3 is 2.16 bits per heavy atom. The Bertz CT molecular complexity index is 1180. The van der Waals surface area contributed by atoms with Crippen LogP contribution < -0.4 is 10.1 Å². The quantitative estimate of drug-likeness (QED) is 0.444. The predicted octanol–water partition coefficient (Wildman–Crippen LogP) is 4.62. The van der Waals surface area contributed by atoms with E-state index in [1.807, 2.05) is 13.0 Å². The molecule has 0 aliphatic rings. The molecule has 0 spiro atoms. The Morgan fingerprint density at radius 1 is 0.839 bits per heavy atom. The summed E-state index contributed by atoms with van der Waals surface area (Å²) >= 11 is 0. The third-order valence-corrected chi connectivity index (χ3v) is 4.50. The van der Waals surface area contributed by atoms with Gasteiger partial charge in [-0.3, -0.25) is 14.9 Å². The van der Waals surface area contributed by atoms with Crippen LogP contribution in [-0.4, -0.2) is 28.5 Å². The monoisotopic (exact) mass is 413 g/mol. The smallest absolute Gasteiger partial charge is 0.322 e. The minimum Gasteiger partial charge on any atom is -0.494 e. The van der Waals surface area contributed by atoms with Gasteiger partial charge in [0, 0.05) is 22.3 Å². The Labute approximate surface area is 178 Å². The molecule has 0 aliphatic carbocycles. The van der Waals surface area contributed by atoms with E-state index in [4.69, 9.17) is 9.15 Å². The van der Waals surface area contributed by atoms with E-state index >= 15 is 0 Å². The fourth-order valence-corrected chi connectivity index (χ4v) is 2.95. The molecular weight excluding hydrogens is 394 g/mol. The van der Waals surface area contributed by atoms with E-state index in [2.05, 4.69) is 15.5 Å².